The van der Waals surface area contributed by atoms with Gasteiger partial charge < -0.3 is 4.90 Å². The van der Waals surface area contributed by atoms with Crippen molar-refractivity contribution >= 4 is 8.07 Å². The fourth-order valence-corrected chi connectivity index (χ4v) is 4.22. The van der Waals surface area contributed by atoms with Gasteiger partial charge in [0.25, 0.3) is 0 Å². The summed E-state index contributed by atoms with van der Waals surface area (Å²) in [7, 11) is 1.17. The third-order valence-corrected chi connectivity index (χ3v) is 4.49. The Hall–Kier alpha value is -0.0831. The molecule has 0 saturated carbocycles. The van der Waals surface area contributed by atoms with E-state index in [0.717, 1.165) is 0 Å². The second-order valence-corrected chi connectivity index (χ2v) is 8.85. The van der Waals surface area contributed by atoms with Crippen molar-refractivity contribution in [3.63, 3.8) is 0 Å². The van der Waals surface area contributed by atoms with Crippen LogP contribution < -0.4 is 0 Å². The van der Waals surface area contributed by atoms with Gasteiger partial charge in [-0.15, -0.1) is 0 Å². The predicted molar refractivity (Wildman–Crippen MR) is 60.1 cm³/mol. The first-order valence-electron chi connectivity index (χ1n) is 4.84. The van der Waals surface area contributed by atoms with Crippen LogP contribution in [0.4, 0.5) is 0 Å². The molecule has 1 nitrogen and oxygen atoms in total. The van der Waals surface area contributed by atoms with E-state index in [0.29, 0.717) is 0 Å². The highest BCUT2D eigenvalue weighted by atomic mass is 28.3. The Kier molecular flexibility index (Phi) is 5.50. The molecule has 2 heteroatoms. The summed E-state index contributed by atoms with van der Waals surface area (Å²) in [6, 6.07) is 0. The molecule has 0 spiro atoms. The van der Waals surface area contributed by atoms with Gasteiger partial charge in [0.05, 0.1) is 8.07 Å². The van der Waals surface area contributed by atoms with E-state index in [-0.39, 0.29) is 0 Å². The molecule has 0 heterocycles. The topological polar surface area (TPSA) is 3.24 Å². The molecule has 0 amide bonds. The minimum atomic E-state index is -1.06. The Morgan fingerprint density at radius 1 is 1.33 bits per heavy atom. The van der Waals surface area contributed by atoms with Crippen LogP contribution in [-0.2, 0) is 0 Å². The van der Waals surface area contributed by atoms with Crippen LogP contribution in [0.25, 0.3) is 0 Å². The molecule has 12 heavy (non-hydrogen) atoms. The third kappa shape index (κ3) is 5.55. The van der Waals surface area contributed by atoms with Crippen molar-refractivity contribution in [1.29, 1.82) is 0 Å². The van der Waals surface area contributed by atoms with Gasteiger partial charge in [-0.05, 0) is 33.1 Å². The highest BCUT2D eigenvalue weighted by molar-refractivity contribution is 6.82. The lowest BCUT2D eigenvalue weighted by atomic mass is 10.5. The van der Waals surface area contributed by atoms with Crippen LogP contribution in [0, 0.1) is 0 Å². The van der Waals surface area contributed by atoms with Crippen LogP contribution in [-0.4, -0.2) is 32.7 Å². The largest absolute Gasteiger partial charge is 0.309 e. The summed E-state index contributed by atoms with van der Waals surface area (Å²) in [4.78, 5) is 2.45. The van der Waals surface area contributed by atoms with Crippen molar-refractivity contribution in [2.75, 3.05) is 19.8 Å². The predicted octanol–water partition coefficient (Wildman–Crippen LogP) is 2.69. The van der Waals surface area contributed by atoms with Gasteiger partial charge in [0.15, 0.2) is 0 Å². The third-order valence-electron chi connectivity index (χ3n) is 1.90. The van der Waals surface area contributed by atoms with Crippen molar-refractivity contribution in [1.82, 2.24) is 4.90 Å². The van der Waals surface area contributed by atoms with E-state index in [1.807, 2.05) is 0 Å². The van der Waals surface area contributed by atoms with Crippen LogP contribution >= 0.6 is 0 Å². The Bertz CT molecular complexity index is 141. The number of hydrogen-bond donors (Lipinski definition) is 0. The first-order chi connectivity index (χ1) is 5.52. The fourth-order valence-electron chi connectivity index (χ4n) is 1.66. The summed E-state index contributed by atoms with van der Waals surface area (Å²) in [5, 5.41) is 0. The Labute approximate surface area is 78.5 Å². The highest BCUT2D eigenvalue weighted by Crippen LogP contribution is 2.05. The summed E-state index contributed by atoms with van der Waals surface area (Å²) in [5.41, 5.74) is 2.42. The minimum absolute atomic E-state index is 1.06. The standard InChI is InChI=1S/C10H23NSi/c1-6-8-11(3)10-12(4,5)9-7-2/h7,9H,6,8,10H2,1-5H3/b9-7-. The van der Waals surface area contributed by atoms with Gasteiger partial charge in [0.2, 0.25) is 0 Å². The molecular weight excluding hydrogens is 162 g/mol. The lowest BCUT2D eigenvalue weighted by molar-refractivity contribution is 0.383. The molecule has 0 saturated heterocycles. The zero-order valence-corrected chi connectivity index (χ0v) is 10.2. The molecule has 0 aromatic heterocycles. The monoisotopic (exact) mass is 185 g/mol. The average molecular weight is 185 g/mol. The summed E-state index contributed by atoms with van der Waals surface area (Å²) in [6.07, 6.45) is 4.74. The average Bonchev–Trinajstić information content (AvgIpc) is 1.85. The van der Waals surface area contributed by atoms with E-state index in [1.165, 1.54) is 19.1 Å². The van der Waals surface area contributed by atoms with Gasteiger partial charge >= 0.3 is 0 Å². The zero-order chi connectivity index (χ0) is 9.61. The van der Waals surface area contributed by atoms with E-state index in [2.05, 4.69) is 50.7 Å². The van der Waals surface area contributed by atoms with E-state index >= 15 is 0 Å². The van der Waals surface area contributed by atoms with Crippen LogP contribution in [0.1, 0.15) is 20.3 Å². The van der Waals surface area contributed by atoms with Gasteiger partial charge in [-0.25, -0.2) is 0 Å². The molecule has 0 bridgehead atoms. The number of nitrogens with zero attached hydrogens (tertiary/aromatic N) is 1. The SMILES string of the molecule is C/C=C\[Si](C)(C)CN(C)CCC. The maximum Gasteiger partial charge on any atom is 0.0857 e. The first kappa shape index (κ1) is 11.9. The van der Waals surface area contributed by atoms with Gasteiger partial charge in [-0.1, -0.05) is 31.8 Å². The molecule has 0 aliphatic heterocycles. The summed E-state index contributed by atoms with van der Waals surface area (Å²) in [6.45, 7) is 10.4. The van der Waals surface area contributed by atoms with Gasteiger partial charge in [-0.3, -0.25) is 0 Å². The van der Waals surface area contributed by atoms with E-state index in [1.54, 1.807) is 0 Å². The van der Waals surface area contributed by atoms with Gasteiger partial charge in [0, 0.05) is 0 Å². The Balaban J connectivity index is 3.87. The fraction of sp³-hybridized carbons (Fsp3) is 0.800. The van der Waals surface area contributed by atoms with Gasteiger partial charge in [0.1, 0.15) is 0 Å². The van der Waals surface area contributed by atoms with Crippen molar-refractivity contribution in [3.8, 4) is 0 Å². The second kappa shape index (κ2) is 5.54. The highest BCUT2D eigenvalue weighted by Gasteiger charge is 2.17. The normalized spacial score (nSPS) is 13.2. The molecule has 0 atom stereocenters. The molecule has 0 unspecified atom stereocenters. The van der Waals surface area contributed by atoms with Crippen LogP contribution in [0.3, 0.4) is 0 Å². The van der Waals surface area contributed by atoms with Crippen molar-refractivity contribution in [2.45, 2.75) is 33.4 Å². The van der Waals surface area contributed by atoms with Crippen LogP contribution in [0.5, 0.6) is 0 Å². The lowest BCUT2D eigenvalue weighted by Crippen LogP contribution is -2.39. The first-order valence-corrected chi connectivity index (χ1v) is 8.12. The Morgan fingerprint density at radius 3 is 2.33 bits per heavy atom. The van der Waals surface area contributed by atoms with E-state index < -0.39 is 8.07 Å². The quantitative estimate of drug-likeness (QED) is 0.595. The van der Waals surface area contributed by atoms with Crippen molar-refractivity contribution < 1.29 is 0 Å². The molecule has 0 radical (unpaired) electrons. The molecule has 72 valence electrons. The summed E-state index contributed by atoms with van der Waals surface area (Å²) < 4.78 is 0. The number of allylic oxidation sites excluding steroid dienone is 1. The number of hydrogen-bond acceptors (Lipinski definition) is 1. The molecule has 0 N–H and O–H groups in total. The maximum atomic E-state index is 2.45. The van der Waals surface area contributed by atoms with Crippen LogP contribution in [0.15, 0.2) is 11.8 Å². The molecule has 0 rings (SSSR count). The van der Waals surface area contributed by atoms with E-state index in [4.69, 9.17) is 0 Å². The molecule has 0 fully saturated rings. The second-order valence-electron chi connectivity index (χ2n) is 4.23. The maximum absolute atomic E-state index is 2.45. The molecule has 0 aliphatic rings. The molecular formula is C10H23NSi. The molecule has 0 aromatic rings. The summed E-state index contributed by atoms with van der Waals surface area (Å²) >= 11 is 0. The Morgan fingerprint density at radius 2 is 1.92 bits per heavy atom. The molecule has 0 aliphatic carbocycles. The zero-order valence-electron chi connectivity index (χ0n) is 9.22. The minimum Gasteiger partial charge on any atom is -0.309 e. The van der Waals surface area contributed by atoms with Crippen molar-refractivity contribution in [2.24, 2.45) is 0 Å². The number of rotatable bonds is 5. The summed E-state index contributed by atoms with van der Waals surface area (Å²) in [5.74, 6) is 0. The van der Waals surface area contributed by atoms with Crippen LogP contribution in [0.2, 0.25) is 13.1 Å². The van der Waals surface area contributed by atoms with E-state index in [9.17, 15) is 0 Å². The van der Waals surface area contributed by atoms with Crippen molar-refractivity contribution in [3.05, 3.63) is 11.8 Å². The molecule has 0 aromatic carbocycles. The lowest BCUT2D eigenvalue weighted by Gasteiger charge is -2.25. The smallest absolute Gasteiger partial charge is 0.0857 e. The van der Waals surface area contributed by atoms with Gasteiger partial charge in [-0.2, -0.15) is 0 Å².